The SMILES string of the molecule is COc1cc(C2CN(C(=O)c3cccs3)CC2C(=O)NCC(C)C)cc(OC)c1OC. The second-order valence-corrected chi connectivity index (χ2v) is 8.95. The van der Waals surface area contributed by atoms with Gasteiger partial charge >= 0.3 is 0 Å². The van der Waals surface area contributed by atoms with Crippen molar-refractivity contribution < 1.29 is 23.8 Å². The molecule has 0 saturated carbocycles. The van der Waals surface area contributed by atoms with E-state index in [2.05, 4.69) is 19.2 Å². The first-order valence-corrected chi connectivity index (χ1v) is 11.2. The minimum absolute atomic E-state index is 0.0473. The van der Waals surface area contributed by atoms with Crippen LogP contribution in [0.5, 0.6) is 17.2 Å². The van der Waals surface area contributed by atoms with Gasteiger partial charge in [0.15, 0.2) is 11.5 Å². The zero-order valence-electron chi connectivity index (χ0n) is 18.6. The van der Waals surface area contributed by atoms with Gasteiger partial charge in [-0.05, 0) is 35.1 Å². The van der Waals surface area contributed by atoms with Crippen LogP contribution < -0.4 is 19.5 Å². The highest BCUT2D eigenvalue weighted by molar-refractivity contribution is 7.12. The number of carbonyl (C=O) groups is 2. The summed E-state index contributed by atoms with van der Waals surface area (Å²) in [5.74, 6) is 1.24. The fraction of sp³-hybridized carbons (Fsp3) is 0.478. The Labute approximate surface area is 187 Å². The standard InChI is InChI=1S/C23H30N2O5S/c1-14(2)11-24-22(26)17-13-25(23(27)20-7-6-8-31-20)12-16(17)15-9-18(28-3)21(30-5)19(10-15)29-4/h6-10,14,16-17H,11-13H2,1-5H3,(H,24,26). The molecule has 3 rings (SSSR count). The second-order valence-electron chi connectivity index (χ2n) is 8.00. The fourth-order valence-corrected chi connectivity index (χ4v) is 4.57. The molecule has 8 heteroatoms. The van der Waals surface area contributed by atoms with E-state index in [1.54, 1.807) is 26.2 Å². The lowest BCUT2D eigenvalue weighted by atomic mass is 9.87. The van der Waals surface area contributed by atoms with Crippen molar-refractivity contribution in [2.45, 2.75) is 19.8 Å². The number of nitrogens with zero attached hydrogens (tertiary/aromatic N) is 1. The Bertz CT molecular complexity index is 888. The van der Waals surface area contributed by atoms with Crippen LogP contribution >= 0.6 is 11.3 Å². The molecule has 1 aromatic heterocycles. The smallest absolute Gasteiger partial charge is 0.263 e. The second kappa shape index (κ2) is 10.0. The first-order valence-electron chi connectivity index (χ1n) is 10.3. The Morgan fingerprint density at radius 3 is 2.32 bits per heavy atom. The van der Waals surface area contributed by atoms with Gasteiger partial charge in [-0.2, -0.15) is 0 Å². The van der Waals surface area contributed by atoms with Crippen LogP contribution in [0, 0.1) is 11.8 Å². The number of likely N-dealkylation sites (tertiary alicyclic amines) is 1. The Morgan fingerprint density at radius 1 is 1.13 bits per heavy atom. The summed E-state index contributed by atoms with van der Waals surface area (Å²) in [6.45, 7) is 5.50. The zero-order chi connectivity index (χ0) is 22.5. The van der Waals surface area contributed by atoms with Gasteiger partial charge in [-0.25, -0.2) is 0 Å². The molecule has 2 unspecified atom stereocenters. The zero-order valence-corrected chi connectivity index (χ0v) is 19.5. The lowest BCUT2D eigenvalue weighted by Crippen LogP contribution is -2.37. The third kappa shape index (κ3) is 4.95. The minimum atomic E-state index is -0.370. The molecule has 168 valence electrons. The number of rotatable bonds is 8. The summed E-state index contributed by atoms with van der Waals surface area (Å²) in [5, 5.41) is 4.92. The van der Waals surface area contributed by atoms with Crippen LogP contribution in [0.25, 0.3) is 0 Å². The summed E-state index contributed by atoms with van der Waals surface area (Å²) in [7, 11) is 4.68. The number of carbonyl (C=O) groups excluding carboxylic acids is 2. The molecule has 0 radical (unpaired) electrons. The molecule has 2 aromatic rings. The van der Waals surface area contributed by atoms with E-state index >= 15 is 0 Å². The summed E-state index contributed by atoms with van der Waals surface area (Å²) < 4.78 is 16.4. The number of methoxy groups -OCH3 is 3. The van der Waals surface area contributed by atoms with E-state index in [4.69, 9.17) is 14.2 Å². The van der Waals surface area contributed by atoms with Crippen LogP contribution in [-0.4, -0.2) is 57.7 Å². The number of hydrogen-bond donors (Lipinski definition) is 1. The van der Waals surface area contributed by atoms with E-state index in [-0.39, 0.29) is 23.7 Å². The molecule has 31 heavy (non-hydrogen) atoms. The molecular formula is C23H30N2O5S. The number of ether oxygens (including phenoxy) is 3. The largest absolute Gasteiger partial charge is 0.493 e. The van der Waals surface area contributed by atoms with Crippen LogP contribution in [0.1, 0.15) is 35.0 Å². The van der Waals surface area contributed by atoms with Gasteiger partial charge in [-0.1, -0.05) is 19.9 Å². The normalized spacial score (nSPS) is 18.2. The summed E-state index contributed by atoms with van der Waals surface area (Å²) in [4.78, 5) is 28.5. The van der Waals surface area contributed by atoms with Crippen molar-refractivity contribution in [3.8, 4) is 17.2 Å². The molecule has 1 aliphatic heterocycles. The van der Waals surface area contributed by atoms with E-state index < -0.39 is 0 Å². The molecule has 0 aliphatic carbocycles. The molecule has 2 heterocycles. The Kier molecular flexibility index (Phi) is 7.43. The molecule has 7 nitrogen and oxygen atoms in total. The molecule has 1 N–H and O–H groups in total. The van der Waals surface area contributed by atoms with E-state index in [1.807, 2.05) is 29.6 Å². The van der Waals surface area contributed by atoms with Gasteiger partial charge in [-0.15, -0.1) is 11.3 Å². The summed E-state index contributed by atoms with van der Waals surface area (Å²) in [6.07, 6.45) is 0. The molecule has 1 saturated heterocycles. The van der Waals surface area contributed by atoms with Gasteiger partial charge in [0.1, 0.15) is 0 Å². The van der Waals surface area contributed by atoms with Gasteiger partial charge in [0.25, 0.3) is 5.91 Å². The van der Waals surface area contributed by atoms with E-state index in [0.717, 1.165) is 5.56 Å². The molecule has 2 atom stereocenters. The molecule has 1 aliphatic rings. The maximum Gasteiger partial charge on any atom is 0.263 e. The highest BCUT2D eigenvalue weighted by atomic mass is 32.1. The maximum absolute atomic E-state index is 13.1. The number of thiophene rings is 1. The summed E-state index contributed by atoms with van der Waals surface area (Å²) in [6, 6.07) is 7.41. The number of nitrogens with one attached hydrogen (secondary N) is 1. The first-order chi connectivity index (χ1) is 14.9. The van der Waals surface area contributed by atoms with Crippen LogP contribution in [-0.2, 0) is 4.79 Å². The molecule has 0 bridgehead atoms. The molecule has 2 amide bonds. The van der Waals surface area contributed by atoms with Gasteiger partial charge in [0.05, 0.1) is 32.1 Å². The van der Waals surface area contributed by atoms with Crippen molar-refractivity contribution in [1.29, 1.82) is 0 Å². The van der Waals surface area contributed by atoms with Gasteiger partial charge in [0, 0.05) is 25.6 Å². The third-order valence-corrected chi connectivity index (χ3v) is 6.33. The van der Waals surface area contributed by atoms with E-state index in [0.29, 0.717) is 47.7 Å². The number of benzene rings is 1. The number of amides is 2. The lowest BCUT2D eigenvalue weighted by molar-refractivity contribution is -0.125. The van der Waals surface area contributed by atoms with Crippen molar-refractivity contribution in [2.75, 3.05) is 41.0 Å². The average Bonchev–Trinajstić information content (AvgIpc) is 3.46. The van der Waals surface area contributed by atoms with E-state index in [1.165, 1.54) is 11.3 Å². The predicted molar refractivity (Wildman–Crippen MR) is 120 cm³/mol. The quantitative estimate of drug-likeness (QED) is 0.673. The van der Waals surface area contributed by atoms with Crippen LogP contribution in [0.3, 0.4) is 0 Å². The highest BCUT2D eigenvalue weighted by Crippen LogP contribution is 2.43. The van der Waals surface area contributed by atoms with Crippen molar-refractivity contribution in [1.82, 2.24) is 10.2 Å². The van der Waals surface area contributed by atoms with Gasteiger partial charge in [-0.3, -0.25) is 9.59 Å². The van der Waals surface area contributed by atoms with Crippen LogP contribution in [0.15, 0.2) is 29.6 Å². The fourth-order valence-electron chi connectivity index (χ4n) is 3.88. The van der Waals surface area contributed by atoms with Crippen molar-refractivity contribution in [2.24, 2.45) is 11.8 Å². The molecule has 1 fully saturated rings. The third-order valence-electron chi connectivity index (χ3n) is 5.48. The topological polar surface area (TPSA) is 77.1 Å². The van der Waals surface area contributed by atoms with Crippen LogP contribution in [0.2, 0.25) is 0 Å². The summed E-state index contributed by atoms with van der Waals surface area (Å²) in [5.41, 5.74) is 0.876. The highest BCUT2D eigenvalue weighted by Gasteiger charge is 2.41. The van der Waals surface area contributed by atoms with Gasteiger partial charge in [0.2, 0.25) is 11.7 Å². The first kappa shape index (κ1) is 22.9. The van der Waals surface area contributed by atoms with E-state index in [9.17, 15) is 9.59 Å². The molecular weight excluding hydrogens is 416 g/mol. The minimum Gasteiger partial charge on any atom is -0.493 e. The molecule has 1 aromatic carbocycles. The Hall–Kier alpha value is -2.74. The summed E-state index contributed by atoms with van der Waals surface area (Å²) >= 11 is 1.41. The van der Waals surface area contributed by atoms with Gasteiger partial charge < -0.3 is 24.4 Å². The van der Waals surface area contributed by atoms with Crippen LogP contribution in [0.4, 0.5) is 0 Å². The monoisotopic (exact) mass is 446 g/mol. The van der Waals surface area contributed by atoms with Crippen molar-refractivity contribution in [3.63, 3.8) is 0 Å². The number of hydrogen-bond acceptors (Lipinski definition) is 6. The van der Waals surface area contributed by atoms with Crippen molar-refractivity contribution in [3.05, 3.63) is 40.1 Å². The predicted octanol–water partition coefficient (Wildman–Crippen LogP) is 3.40. The van der Waals surface area contributed by atoms with Crippen molar-refractivity contribution >= 4 is 23.2 Å². The maximum atomic E-state index is 13.1. The lowest BCUT2D eigenvalue weighted by Gasteiger charge is -2.21. The Balaban J connectivity index is 1.96. The average molecular weight is 447 g/mol. The molecule has 0 spiro atoms. The Morgan fingerprint density at radius 2 is 1.81 bits per heavy atom.